The molecule has 0 spiro atoms. The van der Waals surface area contributed by atoms with Crippen molar-refractivity contribution in [1.82, 2.24) is 4.98 Å². The van der Waals surface area contributed by atoms with Gasteiger partial charge in [-0.2, -0.15) is 0 Å². The lowest BCUT2D eigenvalue weighted by molar-refractivity contribution is 0.0543. The van der Waals surface area contributed by atoms with Crippen molar-refractivity contribution < 1.29 is 14.3 Å². The molecule has 0 saturated carbocycles. The molecule has 0 radical (unpaired) electrons. The smallest absolute Gasteiger partial charge is 0.358 e. The van der Waals surface area contributed by atoms with E-state index >= 15 is 0 Å². The maximum absolute atomic E-state index is 11.8. The minimum absolute atomic E-state index is 0.269. The molecule has 0 aliphatic heterocycles. The highest BCUT2D eigenvalue weighted by molar-refractivity contribution is 7.13. The SMILES string of the molecule is C/C=C/COC(=O)c1csc(-c2ccc(OCC)cc2)n1. The Balaban J connectivity index is 2.06. The Bertz CT molecular complexity index is 617. The number of esters is 1. The van der Waals surface area contributed by atoms with Crippen LogP contribution in [-0.4, -0.2) is 24.2 Å². The highest BCUT2D eigenvalue weighted by Gasteiger charge is 2.12. The first-order valence-electron chi connectivity index (χ1n) is 6.71. The summed E-state index contributed by atoms with van der Waals surface area (Å²) in [4.78, 5) is 16.1. The summed E-state index contributed by atoms with van der Waals surface area (Å²) in [6.45, 7) is 4.73. The van der Waals surface area contributed by atoms with Crippen molar-refractivity contribution in [2.45, 2.75) is 13.8 Å². The van der Waals surface area contributed by atoms with Crippen LogP contribution in [-0.2, 0) is 4.74 Å². The Hall–Kier alpha value is -2.14. The molecule has 0 unspecified atom stereocenters. The summed E-state index contributed by atoms with van der Waals surface area (Å²) in [6.07, 6.45) is 3.61. The molecule has 110 valence electrons. The fourth-order valence-corrected chi connectivity index (χ4v) is 2.45. The normalized spacial score (nSPS) is 10.8. The summed E-state index contributed by atoms with van der Waals surface area (Å²) in [5.41, 5.74) is 1.30. The van der Waals surface area contributed by atoms with E-state index in [4.69, 9.17) is 9.47 Å². The van der Waals surface area contributed by atoms with Gasteiger partial charge in [0.15, 0.2) is 5.69 Å². The quantitative estimate of drug-likeness (QED) is 0.599. The zero-order chi connectivity index (χ0) is 15.1. The molecule has 0 atom stereocenters. The van der Waals surface area contributed by atoms with Gasteiger partial charge in [0, 0.05) is 10.9 Å². The van der Waals surface area contributed by atoms with Crippen LogP contribution < -0.4 is 4.74 Å². The van der Waals surface area contributed by atoms with Gasteiger partial charge in [0.05, 0.1) is 6.61 Å². The first-order valence-corrected chi connectivity index (χ1v) is 7.59. The van der Waals surface area contributed by atoms with Crippen LogP contribution in [0.25, 0.3) is 10.6 Å². The number of allylic oxidation sites excluding steroid dienone is 1. The van der Waals surface area contributed by atoms with Crippen LogP contribution >= 0.6 is 11.3 Å². The van der Waals surface area contributed by atoms with E-state index in [1.54, 1.807) is 11.5 Å². The van der Waals surface area contributed by atoms with Crippen LogP contribution in [0.4, 0.5) is 0 Å². The Morgan fingerprint density at radius 3 is 2.76 bits per heavy atom. The van der Waals surface area contributed by atoms with E-state index < -0.39 is 5.97 Å². The summed E-state index contributed by atoms with van der Waals surface area (Å²) < 4.78 is 10.5. The van der Waals surface area contributed by atoms with Gasteiger partial charge in [0.25, 0.3) is 0 Å². The second-order valence-corrected chi connectivity index (χ2v) is 5.02. The number of ether oxygens (including phenoxy) is 2. The monoisotopic (exact) mass is 303 g/mol. The Morgan fingerprint density at radius 2 is 2.10 bits per heavy atom. The predicted octanol–water partition coefficient (Wildman–Crippen LogP) is 3.94. The lowest BCUT2D eigenvalue weighted by Crippen LogP contribution is -2.05. The van der Waals surface area contributed by atoms with Gasteiger partial charge in [-0.1, -0.05) is 12.2 Å². The van der Waals surface area contributed by atoms with E-state index in [0.717, 1.165) is 16.3 Å². The lowest BCUT2D eigenvalue weighted by Gasteiger charge is -2.03. The average Bonchev–Trinajstić information content (AvgIpc) is 2.98. The van der Waals surface area contributed by atoms with Crippen molar-refractivity contribution in [2.75, 3.05) is 13.2 Å². The predicted molar refractivity (Wildman–Crippen MR) is 83.8 cm³/mol. The number of nitrogens with zero attached hydrogens (tertiary/aromatic N) is 1. The molecule has 1 aromatic heterocycles. The van der Waals surface area contributed by atoms with Crippen molar-refractivity contribution in [3.05, 3.63) is 47.5 Å². The Morgan fingerprint density at radius 1 is 1.33 bits per heavy atom. The molecular weight excluding hydrogens is 286 g/mol. The van der Waals surface area contributed by atoms with Crippen LogP contribution in [0.3, 0.4) is 0 Å². The van der Waals surface area contributed by atoms with Gasteiger partial charge in [0.2, 0.25) is 0 Å². The van der Waals surface area contributed by atoms with Gasteiger partial charge in [-0.15, -0.1) is 11.3 Å². The van der Waals surface area contributed by atoms with E-state index in [2.05, 4.69) is 4.98 Å². The summed E-state index contributed by atoms with van der Waals surface area (Å²) >= 11 is 1.42. The van der Waals surface area contributed by atoms with Crippen molar-refractivity contribution in [2.24, 2.45) is 0 Å². The molecule has 1 aromatic carbocycles. The number of carbonyl (C=O) groups is 1. The first kappa shape index (κ1) is 15.3. The molecule has 0 amide bonds. The third-order valence-electron chi connectivity index (χ3n) is 2.67. The molecule has 2 rings (SSSR count). The number of aromatic nitrogens is 1. The summed E-state index contributed by atoms with van der Waals surface area (Å²) in [7, 11) is 0. The number of carbonyl (C=O) groups excluding carboxylic acids is 1. The summed E-state index contributed by atoms with van der Waals surface area (Å²) in [5, 5.41) is 2.50. The number of thiazole rings is 1. The molecule has 2 aromatic rings. The standard InChI is InChI=1S/C16H17NO3S/c1-3-5-10-20-16(18)14-11-21-15(17-14)12-6-8-13(9-7-12)19-4-2/h3,5-9,11H,4,10H2,1-2H3/b5-3+. The topological polar surface area (TPSA) is 48.4 Å². The zero-order valence-corrected chi connectivity index (χ0v) is 12.9. The molecule has 1 heterocycles. The minimum atomic E-state index is -0.401. The van der Waals surface area contributed by atoms with Gasteiger partial charge in [0.1, 0.15) is 17.4 Å². The molecule has 4 nitrogen and oxygen atoms in total. The van der Waals surface area contributed by atoms with Crippen molar-refractivity contribution >= 4 is 17.3 Å². The van der Waals surface area contributed by atoms with Crippen LogP contribution in [0.5, 0.6) is 5.75 Å². The highest BCUT2D eigenvalue weighted by atomic mass is 32.1. The fraction of sp³-hybridized carbons (Fsp3) is 0.250. The molecule has 0 fully saturated rings. The van der Waals surface area contributed by atoms with Gasteiger partial charge in [-0.05, 0) is 38.1 Å². The highest BCUT2D eigenvalue weighted by Crippen LogP contribution is 2.26. The molecule has 0 saturated heterocycles. The first-order chi connectivity index (χ1) is 10.2. The van der Waals surface area contributed by atoms with Gasteiger partial charge >= 0.3 is 5.97 Å². The van der Waals surface area contributed by atoms with E-state index in [-0.39, 0.29) is 6.61 Å². The zero-order valence-electron chi connectivity index (χ0n) is 12.0. The maximum Gasteiger partial charge on any atom is 0.358 e. The van der Waals surface area contributed by atoms with Crippen LogP contribution in [0.1, 0.15) is 24.3 Å². The molecule has 5 heteroatoms. The Kier molecular flexibility index (Phi) is 5.51. The largest absolute Gasteiger partial charge is 0.494 e. The maximum atomic E-state index is 11.8. The lowest BCUT2D eigenvalue weighted by atomic mass is 10.2. The number of benzene rings is 1. The third kappa shape index (κ3) is 4.16. The molecule has 0 bridgehead atoms. The van der Waals surface area contributed by atoms with Gasteiger partial charge < -0.3 is 9.47 Å². The van der Waals surface area contributed by atoms with Crippen LogP contribution in [0, 0.1) is 0 Å². The second kappa shape index (κ2) is 7.59. The molecule has 21 heavy (non-hydrogen) atoms. The number of hydrogen-bond donors (Lipinski definition) is 0. The number of hydrogen-bond acceptors (Lipinski definition) is 5. The second-order valence-electron chi connectivity index (χ2n) is 4.16. The Labute approximate surface area is 128 Å². The minimum Gasteiger partial charge on any atom is -0.494 e. The summed E-state index contributed by atoms with van der Waals surface area (Å²) in [6, 6.07) is 7.64. The van der Waals surface area contributed by atoms with E-state index in [0.29, 0.717) is 12.3 Å². The van der Waals surface area contributed by atoms with Crippen molar-refractivity contribution in [1.29, 1.82) is 0 Å². The van der Waals surface area contributed by atoms with E-state index in [1.807, 2.05) is 44.2 Å². The number of rotatable bonds is 6. The molecular formula is C16H17NO3S. The molecule has 0 aliphatic rings. The van der Waals surface area contributed by atoms with Crippen molar-refractivity contribution in [3.63, 3.8) is 0 Å². The molecule has 0 N–H and O–H groups in total. The van der Waals surface area contributed by atoms with E-state index in [9.17, 15) is 4.79 Å². The van der Waals surface area contributed by atoms with Crippen LogP contribution in [0.15, 0.2) is 41.8 Å². The van der Waals surface area contributed by atoms with Crippen molar-refractivity contribution in [3.8, 4) is 16.3 Å². The third-order valence-corrected chi connectivity index (χ3v) is 3.56. The average molecular weight is 303 g/mol. The van der Waals surface area contributed by atoms with Gasteiger partial charge in [-0.25, -0.2) is 9.78 Å². The van der Waals surface area contributed by atoms with E-state index in [1.165, 1.54) is 11.3 Å². The van der Waals surface area contributed by atoms with Gasteiger partial charge in [-0.3, -0.25) is 0 Å². The molecule has 0 aliphatic carbocycles. The summed E-state index contributed by atoms with van der Waals surface area (Å²) in [5.74, 6) is 0.422. The van der Waals surface area contributed by atoms with Crippen LogP contribution in [0.2, 0.25) is 0 Å². The fourth-order valence-electron chi connectivity index (χ4n) is 1.65.